The van der Waals surface area contributed by atoms with Crippen LogP contribution in [0.1, 0.15) is 6.92 Å². The largest absolute Gasteiger partial charge is 0.383 e. The lowest BCUT2D eigenvalue weighted by molar-refractivity contribution is 0.167. The minimum Gasteiger partial charge on any atom is -0.383 e. The second-order valence-corrected chi connectivity index (χ2v) is 3.93. The quantitative estimate of drug-likeness (QED) is 0.445. The van der Waals surface area contributed by atoms with Gasteiger partial charge in [-0.1, -0.05) is 23.8 Å². The van der Waals surface area contributed by atoms with Crippen LogP contribution < -0.4 is 10.6 Å². The number of ether oxygens (including phenoxy) is 1. The monoisotopic (exact) mass is 256 g/mol. The van der Waals surface area contributed by atoms with Crippen LogP contribution >= 0.6 is 11.6 Å². The lowest BCUT2D eigenvalue weighted by Crippen LogP contribution is -2.12. The van der Waals surface area contributed by atoms with Crippen LogP contribution in [-0.2, 0) is 4.74 Å². The summed E-state index contributed by atoms with van der Waals surface area (Å²) in [5.74, 6) is 0.673. The van der Waals surface area contributed by atoms with E-state index in [-0.39, 0.29) is 0 Å². The van der Waals surface area contributed by atoms with Crippen LogP contribution in [0.25, 0.3) is 0 Å². The second kappa shape index (κ2) is 7.09. The van der Waals surface area contributed by atoms with Crippen molar-refractivity contribution in [3.63, 3.8) is 0 Å². The van der Waals surface area contributed by atoms with Crippen LogP contribution in [0.15, 0.2) is 18.5 Å². The molecule has 0 unspecified atom stereocenters. The maximum absolute atomic E-state index is 5.91. The molecule has 2 N–H and O–H groups in total. The standard InChI is InChI=1S/C11H17ClN4O/c1-8(2)6-17-5-4-14-11-9(13-3)10(12)15-7-16-11/h7,13H,1,4-6H2,2-3H3,(H,14,15,16). The van der Waals surface area contributed by atoms with E-state index in [1.54, 1.807) is 7.05 Å². The third-order valence-electron chi connectivity index (χ3n) is 1.94. The van der Waals surface area contributed by atoms with Crippen LogP contribution in [0.4, 0.5) is 11.5 Å². The van der Waals surface area contributed by atoms with E-state index in [1.165, 1.54) is 6.33 Å². The minimum absolute atomic E-state index is 0.396. The van der Waals surface area contributed by atoms with Gasteiger partial charge in [0.05, 0.1) is 13.2 Å². The Bertz CT molecular complexity index is 384. The SMILES string of the molecule is C=C(C)COCCNc1ncnc(Cl)c1NC. The fourth-order valence-corrected chi connectivity index (χ4v) is 1.44. The number of halogens is 1. The molecule has 0 spiro atoms. The lowest BCUT2D eigenvalue weighted by Gasteiger charge is -2.11. The van der Waals surface area contributed by atoms with E-state index < -0.39 is 0 Å². The molecule has 0 bridgehead atoms. The number of hydrogen-bond donors (Lipinski definition) is 2. The van der Waals surface area contributed by atoms with Gasteiger partial charge in [-0.05, 0) is 6.92 Å². The third kappa shape index (κ3) is 4.58. The van der Waals surface area contributed by atoms with Crippen molar-refractivity contribution in [1.82, 2.24) is 9.97 Å². The van der Waals surface area contributed by atoms with Gasteiger partial charge in [0.25, 0.3) is 0 Å². The number of nitrogens with one attached hydrogen (secondary N) is 2. The fraction of sp³-hybridized carbons (Fsp3) is 0.455. The summed E-state index contributed by atoms with van der Waals surface area (Å²) >= 11 is 5.91. The minimum atomic E-state index is 0.396. The number of aromatic nitrogens is 2. The molecular weight excluding hydrogens is 240 g/mol. The van der Waals surface area contributed by atoms with Crippen LogP contribution in [0, 0.1) is 0 Å². The molecule has 0 atom stereocenters. The first-order chi connectivity index (χ1) is 8.15. The lowest BCUT2D eigenvalue weighted by atomic mass is 10.4. The van der Waals surface area contributed by atoms with Crippen LogP contribution in [0.2, 0.25) is 5.15 Å². The van der Waals surface area contributed by atoms with E-state index in [2.05, 4.69) is 27.2 Å². The van der Waals surface area contributed by atoms with Gasteiger partial charge in [-0.25, -0.2) is 9.97 Å². The highest BCUT2D eigenvalue weighted by Crippen LogP contribution is 2.24. The predicted molar refractivity (Wildman–Crippen MR) is 70.7 cm³/mol. The van der Waals surface area contributed by atoms with Gasteiger partial charge in [0.2, 0.25) is 0 Å². The summed E-state index contributed by atoms with van der Waals surface area (Å²) in [7, 11) is 1.77. The summed E-state index contributed by atoms with van der Waals surface area (Å²) in [6.07, 6.45) is 1.42. The van der Waals surface area contributed by atoms with Gasteiger partial charge in [0, 0.05) is 13.6 Å². The molecule has 0 radical (unpaired) electrons. The Balaban J connectivity index is 2.41. The molecule has 1 aromatic heterocycles. The highest BCUT2D eigenvalue weighted by molar-refractivity contribution is 6.32. The first kappa shape index (κ1) is 13.7. The van der Waals surface area contributed by atoms with E-state index in [4.69, 9.17) is 16.3 Å². The molecule has 1 heterocycles. The summed E-state index contributed by atoms with van der Waals surface area (Å²) in [6.45, 7) is 7.49. The van der Waals surface area contributed by atoms with Crippen molar-refractivity contribution in [2.24, 2.45) is 0 Å². The van der Waals surface area contributed by atoms with Crippen LogP contribution in [0.5, 0.6) is 0 Å². The number of anilines is 2. The molecule has 0 amide bonds. The average Bonchev–Trinajstić information content (AvgIpc) is 2.28. The van der Waals surface area contributed by atoms with Crippen molar-refractivity contribution in [2.75, 3.05) is 37.4 Å². The summed E-state index contributed by atoms with van der Waals surface area (Å²) in [4.78, 5) is 7.99. The first-order valence-electron chi connectivity index (χ1n) is 5.29. The molecule has 6 heteroatoms. The Hall–Kier alpha value is -1.33. The number of nitrogens with zero attached hydrogens (tertiary/aromatic N) is 2. The van der Waals surface area contributed by atoms with Gasteiger partial charge in [-0.15, -0.1) is 0 Å². The van der Waals surface area contributed by atoms with E-state index >= 15 is 0 Å². The summed E-state index contributed by atoms with van der Waals surface area (Å²) in [6, 6.07) is 0. The highest BCUT2D eigenvalue weighted by Gasteiger charge is 2.06. The molecule has 0 saturated carbocycles. The van der Waals surface area contributed by atoms with Gasteiger partial charge in [0.1, 0.15) is 12.0 Å². The Labute approximate surface area is 106 Å². The topological polar surface area (TPSA) is 59.1 Å². The zero-order valence-electron chi connectivity index (χ0n) is 10.1. The Morgan fingerprint density at radius 1 is 1.53 bits per heavy atom. The Morgan fingerprint density at radius 3 is 2.94 bits per heavy atom. The van der Waals surface area contributed by atoms with Gasteiger partial charge < -0.3 is 15.4 Å². The van der Waals surface area contributed by atoms with Crippen molar-refractivity contribution in [1.29, 1.82) is 0 Å². The van der Waals surface area contributed by atoms with Crippen LogP contribution in [0.3, 0.4) is 0 Å². The Morgan fingerprint density at radius 2 is 2.29 bits per heavy atom. The molecule has 1 aromatic rings. The van der Waals surface area contributed by atoms with E-state index in [0.717, 1.165) is 5.57 Å². The zero-order chi connectivity index (χ0) is 12.7. The maximum atomic E-state index is 5.91. The molecule has 94 valence electrons. The molecule has 0 aliphatic heterocycles. The summed E-state index contributed by atoms with van der Waals surface area (Å²) in [5, 5.41) is 6.47. The van der Waals surface area contributed by atoms with Crippen molar-refractivity contribution in [3.8, 4) is 0 Å². The third-order valence-corrected chi connectivity index (χ3v) is 2.22. The molecule has 0 saturated heterocycles. The normalized spacial score (nSPS) is 10.1. The molecule has 5 nitrogen and oxygen atoms in total. The molecule has 0 aliphatic rings. The fourth-order valence-electron chi connectivity index (χ4n) is 1.21. The van der Waals surface area contributed by atoms with Gasteiger partial charge in [-0.2, -0.15) is 0 Å². The van der Waals surface area contributed by atoms with Crippen LogP contribution in [-0.4, -0.2) is 36.8 Å². The molecule has 0 aromatic carbocycles. The number of hydrogen-bond acceptors (Lipinski definition) is 5. The van der Waals surface area contributed by atoms with E-state index in [1.807, 2.05) is 6.92 Å². The van der Waals surface area contributed by atoms with Crippen molar-refractivity contribution in [2.45, 2.75) is 6.92 Å². The molecular formula is C11H17ClN4O. The zero-order valence-corrected chi connectivity index (χ0v) is 10.8. The second-order valence-electron chi connectivity index (χ2n) is 3.57. The maximum Gasteiger partial charge on any atom is 0.157 e. The smallest absolute Gasteiger partial charge is 0.157 e. The van der Waals surface area contributed by atoms with E-state index in [0.29, 0.717) is 36.4 Å². The highest BCUT2D eigenvalue weighted by atomic mass is 35.5. The van der Waals surface area contributed by atoms with Crippen molar-refractivity contribution >= 4 is 23.1 Å². The van der Waals surface area contributed by atoms with E-state index in [9.17, 15) is 0 Å². The van der Waals surface area contributed by atoms with Gasteiger partial charge in [-0.3, -0.25) is 0 Å². The van der Waals surface area contributed by atoms with Gasteiger partial charge >= 0.3 is 0 Å². The summed E-state index contributed by atoms with van der Waals surface area (Å²) in [5.41, 5.74) is 1.69. The summed E-state index contributed by atoms with van der Waals surface area (Å²) < 4.78 is 5.36. The average molecular weight is 257 g/mol. The predicted octanol–water partition coefficient (Wildman–Crippen LogP) is 2.18. The molecule has 0 aliphatic carbocycles. The Kier molecular flexibility index (Phi) is 5.72. The molecule has 17 heavy (non-hydrogen) atoms. The van der Waals surface area contributed by atoms with Crippen molar-refractivity contribution < 1.29 is 4.74 Å². The molecule has 1 rings (SSSR count). The number of rotatable bonds is 7. The first-order valence-corrected chi connectivity index (χ1v) is 5.67. The molecule has 0 fully saturated rings. The van der Waals surface area contributed by atoms with Crippen molar-refractivity contribution in [3.05, 3.63) is 23.6 Å². The van der Waals surface area contributed by atoms with Gasteiger partial charge in [0.15, 0.2) is 11.0 Å².